The standard InChI is InChI=1S/C12H17ClFNO2S/c1-2-3-9-15(10-8-13)18(16,17)12-7-5-4-6-11(12)14/h4-7H,2-3,8-10H2,1H3. The fraction of sp³-hybridized carbons (Fsp3) is 0.500. The number of rotatable bonds is 7. The Kier molecular flexibility index (Phi) is 6.05. The molecule has 0 spiro atoms. The first-order valence-electron chi connectivity index (χ1n) is 5.84. The van der Waals surface area contributed by atoms with Crippen molar-refractivity contribution in [2.45, 2.75) is 24.7 Å². The molecule has 0 amide bonds. The normalized spacial score (nSPS) is 12.0. The highest BCUT2D eigenvalue weighted by Gasteiger charge is 2.26. The van der Waals surface area contributed by atoms with Crippen LogP contribution in [0, 0.1) is 5.82 Å². The van der Waals surface area contributed by atoms with E-state index >= 15 is 0 Å². The van der Waals surface area contributed by atoms with E-state index in [-0.39, 0.29) is 17.3 Å². The van der Waals surface area contributed by atoms with Gasteiger partial charge >= 0.3 is 0 Å². The Morgan fingerprint density at radius 1 is 1.28 bits per heavy atom. The molecule has 0 atom stereocenters. The van der Waals surface area contributed by atoms with Gasteiger partial charge in [0.15, 0.2) is 0 Å². The van der Waals surface area contributed by atoms with Gasteiger partial charge in [0.2, 0.25) is 10.0 Å². The predicted octanol–water partition coefficient (Wildman–Crippen LogP) is 2.86. The Morgan fingerprint density at radius 3 is 2.50 bits per heavy atom. The summed E-state index contributed by atoms with van der Waals surface area (Å²) in [4.78, 5) is -0.286. The molecule has 0 saturated heterocycles. The molecule has 0 fully saturated rings. The molecular formula is C12H17ClFNO2S. The fourth-order valence-electron chi connectivity index (χ4n) is 1.57. The number of halogens is 2. The third kappa shape index (κ3) is 3.67. The topological polar surface area (TPSA) is 37.4 Å². The fourth-order valence-corrected chi connectivity index (χ4v) is 3.42. The average Bonchev–Trinajstić information content (AvgIpc) is 2.34. The van der Waals surface area contributed by atoms with Crippen molar-refractivity contribution in [1.82, 2.24) is 4.31 Å². The monoisotopic (exact) mass is 293 g/mol. The van der Waals surface area contributed by atoms with E-state index in [0.717, 1.165) is 18.9 Å². The lowest BCUT2D eigenvalue weighted by Gasteiger charge is -2.21. The maximum absolute atomic E-state index is 13.6. The Hall–Kier alpha value is -0.650. The molecule has 1 aromatic rings. The van der Waals surface area contributed by atoms with Crippen molar-refractivity contribution in [3.05, 3.63) is 30.1 Å². The number of nitrogens with zero attached hydrogens (tertiary/aromatic N) is 1. The molecule has 0 unspecified atom stereocenters. The van der Waals surface area contributed by atoms with Crippen LogP contribution < -0.4 is 0 Å². The van der Waals surface area contributed by atoms with Gasteiger partial charge in [0.1, 0.15) is 10.7 Å². The van der Waals surface area contributed by atoms with Crippen LogP contribution in [0.5, 0.6) is 0 Å². The zero-order chi connectivity index (χ0) is 13.6. The van der Waals surface area contributed by atoms with Gasteiger partial charge in [-0.2, -0.15) is 4.31 Å². The van der Waals surface area contributed by atoms with E-state index in [9.17, 15) is 12.8 Å². The summed E-state index contributed by atoms with van der Waals surface area (Å²) in [6.45, 7) is 2.52. The Morgan fingerprint density at radius 2 is 1.94 bits per heavy atom. The summed E-state index contributed by atoms with van der Waals surface area (Å²) in [5, 5.41) is 0. The van der Waals surface area contributed by atoms with Crippen LogP contribution >= 0.6 is 11.6 Å². The van der Waals surface area contributed by atoms with Crippen LogP contribution in [0.15, 0.2) is 29.2 Å². The van der Waals surface area contributed by atoms with E-state index in [1.54, 1.807) is 0 Å². The van der Waals surface area contributed by atoms with Gasteiger partial charge in [0, 0.05) is 19.0 Å². The number of sulfonamides is 1. The molecule has 0 heterocycles. The van der Waals surface area contributed by atoms with Crippen LogP contribution in [0.2, 0.25) is 0 Å². The van der Waals surface area contributed by atoms with Crippen LogP contribution in [-0.4, -0.2) is 31.7 Å². The highest BCUT2D eigenvalue weighted by molar-refractivity contribution is 7.89. The molecule has 102 valence electrons. The number of hydrogen-bond acceptors (Lipinski definition) is 2. The molecule has 0 N–H and O–H groups in total. The van der Waals surface area contributed by atoms with E-state index in [1.807, 2.05) is 6.92 Å². The zero-order valence-electron chi connectivity index (χ0n) is 10.3. The lowest BCUT2D eigenvalue weighted by Crippen LogP contribution is -2.34. The van der Waals surface area contributed by atoms with E-state index < -0.39 is 15.8 Å². The van der Waals surface area contributed by atoms with E-state index in [4.69, 9.17) is 11.6 Å². The lowest BCUT2D eigenvalue weighted by molar-refractivity contribution is 0.416. The molecule has 18 heavy (non-hydrogen) atoms. The summed E-state index contributed by atoms with van der Waals surface area (Å²) in [7, 11) is -3.79. The van der Waals surface area contributed by atoms with Gasteiger partial charge in [0.05, 0.1) is 0 Å². The van der Waals surface area contributed by atoms with Gasteiger partial charge in [-0.1, -0.05) is 25.5 Å². The molecule has 0 radical (unpaired) electrons. The molecule has 0 saturated carbocycles. The number of unbranched alkanes of at least 4 members (excludes halogenated alkanes) is 1. The van der Waals surface area contributed by atoms with Crippen molar-refractivity contribution in [2.24, 2.45) is 0 Å². The summed E-state index contributed by atoms with van der Waals surface area (Å²) >= 11 is 5.61. The molecule has 1 rings (SSSR count). The summed E-state index contributed by atoms with van der Waals surface area (Å²) in [5.41, 5.74) is 0. The second kappa shape index (κ2) is 7.07. The van der Waals surface area contributed by atoms with Gasteiger partial charge in [-0.3, -0.25) is 0 Å². The maximum atomic E-state index is 13.6. The summed E-state index contributed by atoms with van der Waals surface area (Å²) < 4.78 is 39.4. The summed E-state index contributed by atoms with van der Waals surface area (Å²) in [6, 6.07) is 5.39. The van der Waals surface area contributed by atoms with Crippen molar-refractivity contribution in [1.29, 1.82) is 0 Å². The summed E-state index contributed by atoms with van der Waals surface area (Å²) in [6.07, 6.45) is 1.59. The van der Waals surface area contributed by atoms with Gasteiger partial charge in [-0.25, -0.2) is 12.8 Å². The van der Waals surface area contributed by atoms with Crippen LogP contribution in [0.3, 0.4) is 0 Å². The van der Waals surface area contributed by atoms with Crippen molar-refractivity contribution in [2.75, 3.05) is 19.0 Å². The van der Waals surface area contributed by atoms with Gasteiger partial charge in [-0.05, 0) is 18.6 Å². The highest BCUT2D eigenvalue weighted by Crippen LogP contribution is 2.19. The van der Waals surface area contributed by atoms with Crippen LogP contribution in [0.1, 0.15) is 19.8 Å². The smallest absolute Gasteiger partial charge is 0.207 e. The molecule has 0 bridgehead atoms. The minimum atomic E-state index is -3.79. The third-order valence-electron chi connectivity index (χ3n) is 2.55. The van der Waals surface area contributed by atoms with Crippen molar-refractivity contribution in [3.8, 4) is 0 Å². The van der Waals surface area contributed by atoms with E-state index in [2.05, 4.69) is 0 Å². The first-order chi connectivity index (χ1) is 8.54. The van der Waals surface area contributed by atoms with Crippen LogP contribution in [-0.2, 0) is 10.0 Å². The van der Waals surface area contributed by atoms with Crippen LogP contribution in [0.25, 0.3) is 0 Å². The quantitative estimate of drug-likeness (QED) is 0.725. The lowest BCUT2D eigenvalue weighted by atomic mass is 10.3. The molecule has 0 aliphatic carbocycles. The second-order valence-electron chi connectivity index (χ2n) is 3.88. The predicted molar refractivity (Wildman–Crippen MR) is 70.8 cm³/mol. The Balaban J connectivity index is 3.05. The SMILES string of the molecule is CCCCN(CCCl)S(=O)(=O)c1ccccc1F. The molecular weight excluding hydrogens is 277 g/mol. The minimum absolute atomic E-state index is 0.192. The number of alkyl halides is 1. The average molecular weight is 294 g/mol. The van der Waals surface area contributed by atoms with E-state index in [1.165, 1.54) is 22.5 Å². The molecule has 1 aromatic carbocycles. The Bertz CT molecular complexity index is 479. The molecule has 6 heteroatoms. The zero-order valence-corrected chi connectivity index (χ0v) is 11.8. The first kappa shape index (κ1) is 15.4. The number of benzene rings is 1. The third-order valence-corrected chi connectivity index (χ3v) is 4.65. The van der Waals surface area contributed by atoms with Crippen LogP contribution in [0.4, 0.5) is 4.39 Å². The second-order valence-corrected chi connectivity index (χ2v) is 6.16. The first-order valence-corrected chi connectivity index (χ1v) is 7.82. The molecule has 0 aromatic heterocycles. The molecule has 3 nitrogen and oxygen atoms in total. The molecule has 0 aliphatic rings. The summed E-state index contributed by atoms with van der Waals surface area (Å²) in [5.74, 6) is -0.536. The molecule has 0 aliphatic heterocycles. The number of hydrogen-bond donors (Lipinski definition) is 0. The van der Waals surface area contributed by atoms with Gasteiger partial charge < -0.3 is 0 Å². The maximum Gasteiger partial charge on any atom is 0.246 e. The van der Waals surface area contributed by atoms with Crippen molar-refractivity contribution in [3.63, 3.8) is 0 Å². The van der Waals surface area contributed by atoms with E-state index in [0.29, 0.717) is 6.54 Å². The largest absolute Gasteiger partial charge is 0.246 e. The minimum Gasteiger partial charge on any atom is -0.207 e. The van der Waals surface area contributed by atoms with Gasteiger partial charge in [-0.15, -0.1) is 11.6 Å². The van der Waals surface area contributed by atoms with Crippen molar-refractivity contribution < 1.29 is 12.8 Å². The highest BCUT2D eigenvalue weighted by atomic mass is 35.5. The van der Waals surface area contributed by atoms with Crippen molar-refractivity contribution >= 4 is 21.6 Å². The van der Waals surface area contributed by atoms with Gasteiger partial charge in [0.25, 0.3) is 0 Å². The Labute approximate surface area is 113 Å².